The van der Waals surface area contributed by atoms with Gasteiger partial charge in [0, 0.05) is 17.3 Å². The quantitative estimate of drug-likeness (QED) is 0.113. The number of ether oxygens (including phenoxy) is 4. The molecule has 1 atom stereocenters. The van der Waals surface area contributed by atoms with Gasteiger partial charge in [-0.15, -0.1) is 0 Å². The van der Waals surface area contributed by atoms with Gasteiger partial charge in [0.1, 0.15) is 35.2 Å². The molecule has 1 aliphatic carbocycles. The van der Waals surface area contributed by atoms with Crippen LogP contribution in [0, 0.1) is 50.9 Å². The normalized spacial score (nSPS) is 13.9. The maximum Gasteiger partial charge on any atom is 2.00 e. The Kier molecular flexibility index (Phi) is 15.4. The molecule has 52 heavy (non-hydrogen) atoms. The monoisotopic (exact) mass is 930 g/mol. The van der Waals surface area contributed by atoms with E-state index in [9.17, 15) is 5.11 Å². The Labute approximate surface area is 338 Å². The van der Waals surface area contributed by atoms with E-state index in [-0.39, 0.29) is 48.6 Å². The fourth-order valence-electron chi connectivity index (χ4n) is 6.15. The zero-order valence-electron chi connectivity index (χ0n) is 32.9. The fraction of sp³-hybridized carbons (Fsp3) is 0.435. The maximum absolute atomic E-state index is 10.9. The second-order valence-electron chi connectivity index (χ2n) is 16.0. The van der Waals surface area contributed by atoms with Crippen LogP contribution in [0.1, 0.15) is 104 Å². The van der Waals surface area contributed by atoms with Gasteiger partial charge in [0.25, 0.3) is 0 Å². The van der Waals surface area contributed by atoms with Crippen molar-refractivity contribution in [3.8, 4) is 23.0 Å². The van der Waals surface area contributed by atoms with E-state index in [4.69, 9.17) is 18.9 Å². The number of hydrogen-bond acceptors (Lipinski definition) is 5. The molecule has 0 radical (unpaired) electrons. The summed E-state index contributed by atoms with van der Waals surface area (Å²) in [7, 11) is 0. The summed E-state index contributed by atoms with van der Waals surface area (Å²) in [6.45, 7) is 26.8. The third-order valence-corrected chi connectivity index (χ3v) is 9.44. The van der Waals surface area contributed by atoms with E-state index in [1.807, 2.05) is 64.1 Å². The van der Waals surface area contributed by atoms with Crippen molar-refractivity contribution in [2.24, 2.45) is 5.92 Å². The summed E-state index contributed by atoms with van der Waals surface area (Å²) in [6.07, 6.45) is 2.31. The number of hydrogen-bond donors (Lipinski definition) is 1. The standard InChI is InChI=1S/C44H55O5.C2H5.U/c1-41(2,3)48-39-24-16-34(17-25-39)43(6,7)33-14-22-38(23-15-33)47-30-36(45)28-42(4,5)49-40-26-18-35(19-27-40)44(8,9)32-12-20-37(21-13-32)46-29-31-10-11-31;1-2;/h12-27,31,36,45H,1,10-11,28-30H2,2-9H3;1H2,2H3;/q2*-1;+2. The summed E-state index contributed by atoms with van der Waals surface area (Å²) >= 11 is 0. The van der Waals surface area contributed by atoms with Crippen LogP contribution in [0.25, 0.3) is 0 Å². The Bertz CT molecular complexity index is 1630. The van der Waals surface area contributed by atoms with Gasteiger partial charge < -0.3 is 37.9 Å². The van der Waals surface area contributed by atoms with E-state index in [0.717, 1.165) is 35.5 Å². The zero-order chi connectivity index (χ0) is 37.5. The van der Waals surface area contributed by atoms with Crippen molar-refractivity contribution in [3.05, 3.63) is 133 Å². The van der Waals surface area contributed by atoms with Crippen LogP contribution in [0.3, 0.4) is 0 Å². The van der Waals surface area contributed by atoms with E-state index in [0.29, 0.717) is 6.42 Å². The first-order valence-electron chi connectivity index (χ1n) is 18.3. The summed E-state index contributed by atoms with van der Waals surface area (Å²) in [5.41, 5.74) is 3.34. The van der Waals surface area contributed by atoms with Gasteiger partial charge in [0.05, 0.1) is 12.7 Å². The average Bonchev–Trinajstić information content (AvgIpc) is 3.92. The molecule has 1 aliphatic rings. The van der Waals surface area contributed by atoms with Crippen molar-refractivity contribution in [3.63, 3.8) is 0 Å². The fourth-order valence-corrected chi connectivity index (χ4v) is 6.15. The number of benzene rings is 4. The second kappa shape index (κ2) is 18.4. The zero-order valence-corrected chi connectivity index (χ0v) is 37.1. The predicted molar refractivity (Wildman–Crippen MR) is 210 cm³/mol. The molecule has 0 heterocycles. The molecule has 0 bridgehead atoms. The number of aliphatic hydroxyl groups is 1. The molecule has 0 aromatic heterocycles. The number of rotatable bonds is 16. The van der Waals surface area contributed by atoms with Gasteiger partial charge in [0.15, 0.2) is 0 Å². The van der Waals surface area contributed by atoms with Gasteiger partial charge in [0.2, 0.25) is 0 Å². The first kappa shape index (κ1) is 43.5. The van der Waals surface area contributed by atoms with Gasteiger partial charge in [-0.1, -0.05) is 90.1 Å². The smallest absolute Gasteiger partial charge is 0.520 e. The van der Waals surface area contributed by atoms with Crippen LogP contribution in [0.5, 0.6) is 23.0 Å². The van der Waals surface area contributed by atoms with E-state index in [1.54, 1.807) is 6.92 Å². The molecular formula is C46H60O5U. The van der Waals surface area contributed by atoms with Crippen molar-refractivity contribution >= 4 is 0 Å². The largest absolute Gasteiger partial charge is 2.00 e. The molecule has 6 heteroatoms. The van der Waals surface area contributed by atoms with Gasteiger partial charge in [-0.2, -0.15) is 6.92 Å². The van der Waals surface area contributed by atoms with Crippen molar-refractivity contribution in [2.45, 2.75) is 110 Å². The maximum atomic E-state index is 10.9. The van der Waals surface area contributed by atoms with Crippen molar-refractivity contribution < 1.29 is 55.2 Å². The van der Waals surface area contributed by atoms with Crippen LogP contribution in [0.2, 0.25) is 0 Å². The summed E-state index contributed by atoms with van der Waals surface area (Å²) in [5, 5.41) is 10.9. The van der Waals surface area contributed by atoms with Gasteiger partial charge in [-0.3, -0.25) is 0 Å². The summed E-state index contributed by atoms with van der Waals surface area (Å²) in [4.78, 5) is 0. The molecular weight excluding hydrogens is 871 g/mol. The van der Waals surface area contributed by atoms with Crippen LogP contribution in [0.15, 0.2) is 97.1 Å². The van der Waals surface area contributed by atoms with Crippen LogP contribution < -0.4 is 18.9 Å². The van der Waals surface area contributed by atoms with Crippen LogP contribution in [-0.4, -0.2) is 35.6 Å². The molecule has 1 unspecified atom stereocenters. The predicted octanol–water partition coefficient (Wildman–Crippen LogP) is 10.9. The van der Waals surface area contributed by atoms with Crippen molar-refractivity contribution in [1.82, 2.24) is 0 Å². The topological polar surface area (TPSA) is 57.2 Å². The Morgan fingerprint density at radius 3 is 1.29 bits per heavy atom. The average molecular weight is 931 g/mol. The molecule has 0 spiro atoms. The first-order valence-corrected chi connectivity index (χ1v) is 18.3. The third kappa shape index (κ3) is 12.6. The SMILES string of the molecule is [CH2-]C.[CH2-]C(C)(C)Oc1ccc(C(C)(C)c2ccc(OCC(O)CC(C)(C)Oc3ccc(C(C)(C)c4ccc(OCC5CC5)cc4)cc3)cc2)cc1.[U+2]. The molecule has 5 nitrogen and oxygen atoms in total. The number of aliphatic hydroxyl groups excluding tert-OH is 1. The molecule has 1 saturated carbocycles. The minimum absolute atomic E-state index is 0. The molecule has 0 saturated heterocycles. The van der Waals surface area contributed by atoms with E-state index >= 15 is 0 Å². The molecule has 4 aromatic rings. The summed E-state index contributed by atoms with van der Waals surface area (Å²) in [6, 6.07) is 33.1. The van der Waals surface area contributed by atoms with E-state index in [1.165, 1.54) is 35.1 Å². The minimum Gasteiger partial charge on any atom is -0.520 e. The van der Waals surface area contributed by atoms with E-state index in [2.05, 4.69) is 102 Å². The Morgan fingerprint density at radius 2 is 0.923 bits per heavy atom. The van der Waals surface area contributed by atoms with Crippen LogP contribution in [-0.2, 0) is 10.8 Å². The van der Waals surface area contributed by atoms with Crippen molar-refractivity contribution in [1.29, 1.82) is 0 Å². The van der Waals surface area contributed by atoms with Gasteiger partial charge in [-0.25, -0.2) is 0 Å². The van der Waals surface area contributed by atoms with Crippen LogP contribution in [0.4, 0.5) is 0 Å². The molecule has 0 aliphatic heterocycles. The molecule has 278 valence electrons. The molecule has 1 fully saturated rings. The minimum atomic E-state index is -0.690. The summed E-state index contributed by atoms with van der Waals surface area (Å²) in [5.74, 6) is 3.97. The molecule has 0 amide bonds. The van der Waals surface area contributed by atoms with Gasteiger partial charge in [-0.05, 0) is 109 Å². The van der Waals surface area contributed by atoms with Gasteiger partial charge >= 0.3 is 31.1 Å². The summed E-state index contributed by atoms with van der Waals surface area (Å²) < 4.78 is 24.1. The Morgan fingerprint density at radius 1 is 0.577 bits per heavy atom. The van der Waals surface area contributed by atoms with Crippen molar-refractivity contribution in [2.75, 3.05) is 13.2 Å². The molecule has 4 aromatic carbocycles. The second-order valence-corrected chi connectivity index (χ2v) is 16.0. The molecule has 5 rings (SSSR count). The Hall–Kier alpha value is -2.91. The van der Waals surface area contributed by atoms with E-state index < -0.39 is 17.3 Å². The third-order valence-electron chi connectivity index (χ3n) is 9.44. The Balaban J connectivity index is 0.00000239. The van der Waals surface area contributed by atoms with Crippen LogP contribution >= 0.6 is 0 Å². The molecule has 1 N–H and O–H groups in total. The first-order chi connectivity index (χ1) is 24.0.